The Morgan fingerprint density at radius 1 is 0.970 bits per heavy atom. The van der Waals surface area contributed by atoms with Crippen molar-refractivity contribution in [3.8, 4) is 0 Å². The van der Waals surface area contributed by atoms with Crippen LogP contribution in [0.5, 0.6) is 0 Å². The van der Waals surface area contributed by atoms with Gasteiger partial charge in [-0.05, 0) is 30.4 Å². The van der Waals surface area contributed by atoms with Gasteiger partial charge in [0.2, 0.25) is 11.8 Å². The molecule has 0 saturated carbocycles. The molecule has 0 aromatic heterocycles. The maximum atomic E-state index is 12.4. The van der Waals surface area contributed by atoms with Crippen LogP contribution in [0.1, 0.15) is 36.8 Å². The fourth-order valence-electron chi connectivity index (χ4n) is 4.82. The molecule has 3 saturated heterocycles. The number of halogens is 1. The van der Waals surface area contributed by atoms with Gasteiger partial charge in [-0.2, -0.15) is 0 Å². The third kappa shape index (κ3) is 7.05. The molecule has 0 spiro atoms. The maximum absolute atomic E-state index is 12.4. The summed E-state index contributed by atoms with van der Waals surface area (Å²) in [6, 6.07) is 8.43. The van der Waals surface area contributed by atoms with Gasteiger partial charge in [0.15, 0.2) is 5.96 Å². The summed E-state index contributed by atoms with van der Waals surface area (Å²) in [5.74, 6) is 1.43. The summed E-state index contributed by atoms with van der Waals surface area (Å²) in [6.07, 6.45) is 3.93. The average molecular weight is 569 g/mol. The Bertz CT molecular complexity index is 834. The average Bonchev–Trinajstić information content (AvgIpc) is 3.48. The lowest BCUT2D eigenvalue weighted by Gasteiger charge is -2.36. The lowest BCUT2D eigenvalue weighted by atomic mass is 10.1. The summed E-state index contributed by atoms with van der Waals surface area (Å²) in [7, 11) is 1.82. The van der Waals surface area contributed by atoms with Gasteiger partial charge in [0.05, 0.1) is 6.54 Å². The number of hydrogen-bond acceptors (Lipinski definition) is 4. The Balaban J connectivity index is 0.00000306. The zero-order valence-electron chi connectivity index (χ0n) is 19.7. The maximum Gasteiger partial charge on any atom is 0.236 e. The van der Waals surface area contributed by atoms with Crippen molar-refractivity contribution in [3.05, 3.63) is 35.4 Å². The number of amides is 2. The number of piperazine rings is 1. The van der Waals surface area contributed by atoms with Crippen LogP contribution in [-0.4, -0.2) is 96.8 Å². The molecule has 0 aliphatic carbocycles. The van der Waals surface area contributed by atoms with E-state index in [4.69, 9.17) is 0 Å². The number of aliphatic imine (C=N–C) groups is 1. The fraction of sp³-hybridized carbons (Fsp3) is 0.625. The Kier molecular flexibility index (Phi) is 9.78. The van der Waals surface area contributed by atoms with Crippen LogP contribution in [-0.2, 0) is 22.7 Å². The highest BCUT2D eigenvalue weighted by molar-refractivity contribution is 14.0. The first-order valence-corrected chi connectivity index (χ1v) is 11.9. The normalized spacial score (nSPS) is 19.7. The number of guanidine groups is 1. The number of nitrogens with zero attached hydrogens (tertiary/aromatic N) is 5. The van der Waals surface area contributed by atoms with Crippen molar-refractivity contribution in [2.24, 2.45) is 4.99 Å². The lowest BCUT2D eigenvalue weighted by Crippen LogP contribution is -2.54. The minimum absolute atomic E-state index is 0. The molecule has 1 N–H and O–H groups in total. The van der Waals surface area contributed by atoms with E-state index in [2.05, 4.69) is 44.4 Å². The minimum Gasteiger partial charge on any atom is -0.352 e. The molecule has 0 unspecified atom stereocenters. The summed E-state index contributed by atoms with van der Waals surface area (Å²) < 4.78 is 0. The molecule has 3 heterocycles. The predicted molar refractivity (Wildman–Crippen MR) is 141 cm³/mol. The van der Waals surface area contributed by atoms with Gasteiger partial charge >= 0.3 is 0 Å². The fourth-order valence-corrected chi connectivity index (χ4v) is 4.82. The van der Waals surface area contributed by atoms with E-state index in [1.165, 1.54) is 11.1 Å². The van der Waals surface area contributed by atoms with E-state index in [0.717, 1.165) is 71.0 Å². The molecule has 9 heteroatoms. The Labute approximate surface area is 214 Å². The van der Waals surface area contributed by atoms with Crippen LogP contribution in [0.15, 0.2) is 29.3 Å². The quantitative estimate of drug-likeness (QED) is 0.322. The van der Waals surface area contributed by atoms with Gasteiger partial charge in [-0.25, -0.2) is 0 Å². The molecule has 3 aliphatic heterocycles. The van der Waals surface area contributed by atoms with Gasteiger partial charge in [0, 0.05) is 72.4 Å². The van der Waals surface area contributed by atoms with E-state index in [1.54, 1.807) is 0 Å². The van der Waals surface area contributed by atoms with E-state index >= 15 is 0 Å². The molecule has 4 rings (SSSR count). The first-order chi connectivity index (χ1) is 15.6. The summed E-state index contributed by atoms with van der Waals surface area (Å²) in [5, 5.41) is 3.49. The van der Waals surface area contributed by atoms with Crippen LogP contribution in [0.3, 0.4) is 0 Å². The van der Waals surface area contributed by atoms with Crippen molar-refractivity contribution in [1.29, 1.82) is 0 Å². The van der Waals surface area contributed by atoms with Crippen molar-refractivity contribution in [2.45, 2.75) is 38.8 Å². The Hall–Kier alpha value is -1.88. The number of rotatable bonds is 6. The molecule has 0 radical (unpaired) electrons. The second-order valence-corrected chi connectivity index (χ2v) is 8.99. The molecule has 1 aromatic carbocycles. The summed E-state index contributed by atoms with van der Waals surface area (Å²) >= 11 is 0. The second-order valence-electron chi connectivity index (χ2n) is 8.99. The largest absolute Gasteiger partial charge is 0.352 e. The molecule has 0 bridgehead atoms. The van der Waals surface area contributed by atoms with Gasteiger partial charge in [-0.3, -0.25) is 19.5 Å². The molecule has 8 nitrogen and oxygen atoms in total. The molecule has 0 atom stereocenters. The first kappa shape index (κ1) is 25.7. The molecule has 3 fully saturated rings. The van der Waals surface area contributed by atoms with Gasteiger partial charge in [-0.1, -0.05) is 24.3 Å². The summed E-state index contributed by atoms with van der Waals surface area (Å²) in [6.45, 7) is 8.11. The topological polar surface area (TPSA) is 71.5 Å². The first-order valence-electron chi connectivity index (χ1n) is 11.9. The molecule has 182 valence electrons. The van der Waals surface area contributed by atoms with Crippen LogP contribution >= 0.6 is 24.0 Å². The summed E-state index contributed by atoms with van der Waals surface area (Å²) in [5.41, 5.74) is 2.36. The van der Waals surface area contributed by atoms with E-state index in [-0.39, 0.29) is 35.8 Å². The third-order valence-electron chi connectivity index (χ3n) is 6.69. The third-order valence-corrected chi connectivity index (χ3v) is 6.69. The highest BCUT2D eigenvalue weighted by Crippen LogP contribution is 2.15. The molecule has 2 amide bonds. The highest BCUT2D eigenvalue weighted by Gasteiger charge is 2.24. The van der Waals surface area contributed by atoms with Gasteiger partial charge in [-0.15, -0.1) is 24.0 Å². The second kappa shape index (κ2) is 12.5. The van der Waals surface area contributed by atoms with E-state index < -0.39 is 0 Å². The zero-order chi connectivity index (χ0) is 22.3. The Morgan fingerprint density at radius 3 is 2.36 bits per heavy atom. The van der Waals surface area contributed by atoms with Gasteiger partial charge < -0.3 is 20.0 Å². The van der Waals surface area contributed by atoms with Crippen LogP contribution < -0.4 is 5.32 Å². The lowest BCUT2D eigenvalue weighted by molar-refractivity contribution is -0.131. The number of carbonyl (C=O) groups excluding carboxylic acids is 2. The standard InChI is InChI=1S/C24H36N6O2.HI/c1-25-24(29-14-12-27(13-15-29)19-23(32)28-9-2-3-10-28)26-17-20-6-4-7-21(16-20)18-30-11-5-8-22(30)31;/h4,6-7,16H,2-3,5,8-15,17-19H2,1H3,(H,25,26);1H. The number of likely N-dealkylation sites (tertiary alicyclic amines) is 2. The van der Waals surface area contributed by atoms with E-state index in [9.17, 15) is 9.59 Å². The van der Waals surface area contributed by atoms with Crippen molar-refractivity contribution in [1.82, 2.24) is 24.9 Å². The smallest absolute Gasteiger partial charge is 0.236 e. The summed E-state index contributed by atoms with van der Waals surface area (Å²) in [4.78, 5) is 37.3. The van der Waals surface area contributed by atoms with Crippen LogP contribution in [0, 0.1) is 0 Å². The van der Waals surface area contributed by atoms with Crippen LogP contribution in [0.25, 0.3) is 0 Å². The van der Waals surface area contributed by atoms with Gasteiger partial charge in [0.25, 0.3) is 0 Å². The van der Waals surface area contributed by atoms with Crippen LogP contribution in [0.4, 0.5) is 0 Å². The number of benzene rings is 1. The molecule has 1 aromatic rings. The molecular formula is C24H37IN6O2. The zero-order valence-corrected chi connectivity index (χ0v) is 22.0. The monoisotopic (exact) mass is 568 g/mol. The molecule has 33 heavy (non-hydrogen) atoms. The van der Waals surface area contributed by atoms with Crippen molar-refractivity contribution < 1.29 is 9.59 Å². The van der Waals surface area contributed by atoms with Crippen molar-refractivity contribution in [3.63, 3.8) is 0 Å². The SMILES string of the molecule is CN=C(NCc1cccc(CN2CCCC2=O)c1)N1CCN(CC(=O)N2CCCC2)CC1.I. The molecule has 3 aliphatic rings. The highest BCUT2D eigenvalue weighted by atomic mass is 127. The van der Waals surface area contributed by atoms with E-state index in [0.29, 0.717) is 26.1 Å². The molecular weight excluding hydrogens is 531 g/mol. The number of nitrogens with one attached hydrogen (secondary N) is 1. The Morgan fingerprint density at radius 2 is 1.70 bits per heavy atom. The van der Waals surface area contributed by atoms with Crippen molar-refractivity contribution in [2.75, 3.05) is 59.4 Å². The van der Waals surface area contributed by atoms with E-state index in [1.807, 2.05) is 16.8 Å². The predicted octanol–water partition coefficient (Wildman–Crippen LogP) is 1.74. The number of carbonyl (C=O) groups is 2. The number of hydrogen-bond donors (Lipinski definition) is 1. The van der Waals surface area contributed by atoms with Crippen molar-refractivity contribution >= 4 is 41.8 Å². The van der Waals surface area contributed by atoms with Crippen LogP contribution in [0.2, 0.25) is 0 Å². The van der Waals surface area contributed by atoms with Gasteiger partial charge in [0.1, 0.15) is 0 Å². The minimum atomic E-state index is 0.